The minimum atomic E-state index is -3.46. The summed E-state index contributed by atoms with van der Waals surface area (Å²) >= 11 is 0. The molecule has 6 nitrogen and oxygen atoms in total. The summed E-state index contributed by atoms with van der Waals surface area (Å²) in [6.07, 6.45) is 0. The highest BCUT2D eigenvalue weighted by atomic mass is 32.2. The number of amides is 1. The number of fused-ring (bicyclic) bond motifs is 1. The molecular weight excluding hydrogens is 395 g/mol. The fourth-order valence-electron chi connectivity index (χ4n) is 4.40. The van der Waals surface area contributed by atoms with Crippen LogP contribution in [0.1, 0.15) is 18.4 Å². The van der Waals surface area contributed by atoms with Crippen LogP contribution in [0, 0.1) is 5.82 Å². The molecule has 2 aromatic carbocycles. The maximum atomic E-state index is 13.1. The van der Waals surface area contributed by atoms with E-state index in [1.165, 1.54) is 16.4 Å². The van der Waals surface area contributed by atoms with Crippen LogP contribution in [0.5, 0.6) is 0 Å². The van der Waals surface area contributed by atoms with Gasteiger partial charge in [0, 0.05) is 12.5 Å². The number of rotatable bonds is 5. The normalized spacial score (nSPS) is 24.9. The van der Waals surface area contributed by atoms with Crippen molar-refractivity contribution < 1.29 is 22.7 Å². The summed E-state index contributed by atoms with van der Waals surface area (Å²) in [7, 11) is -3.46. The molecule has 3 atom stereocenters. The summed E-state index contributed by atoms with van der Waals surface area (Å²) < 4.78 is 38.9. The zero-order valence-corrected chi connectivity index (χ0v) is 16.8. The molecule has 2 fully saturated rings. The molecule has 154 valence electrons. The molecule has 0 radical (unpaired) electrons. The van der Waals surface area contributed by atoms with E-state index in [9.17, 15) is 22.7 Å². The Morgan fingerprint density at radius 3 is 2.21 bits per heavy atom. The van der Waals surface area contributed by atoms with E-state index in [0.29, 0.717) is 0 Å². The Labute approximate surface area is 169 Å². The average Bonchev–Trinajstić information content (AvgIpc) is 2.70. The Morgan fingerprint density at radius 1 is 1.07 bits per heavy atom. The van der Waals surface area contributed by atoms with E-state index < -0.39 is 10.0 Å². The van der Waals surface area contributed by atoms with Gasteiger partial charge in [0.1, 0.15) is 5.82 Å². The van der Waals surface area contributed by atoms with Gasteiger partial charge >= 0.3 is 0 Å². The van der Waals surface area contributed by atoms with Crippen LogP contribution in [0.25, 0.3) is 11.1 Å². The highest BCUT2D eigenvalue weighted by Crippen LogP contribution is 2.43. The molecular formula is C21H23FN2O4S. The topological polar surface area (TPSA) is 77.9 Å². The molecule has 1 N–H and O–H groups in total. The van der Waals surface area contributed by atoms with Crippen molar-refractivity contribution in [2.75, 3.05) is 25.4 Å². The second-order valence-corrected chi connectivity index (χ2v) is 9.72. The average molecular weight is 418 g/mol. The molecule has 2 saturated heterocycles. The van der Waals surface area contributed by atoms with E-state index >= 15 is 0 Å². The Morgan fingerprint density at radius 2 is 1.66 bits per heavy atom. The molecule has 2 aliphatic heterocycles. The van der Waals surface area contributed by atoms with Gasteiger partial charge in [0.25, 0.3) is 0 Å². The first-order chi connectivity index (χ1) is 13.9. The maximum Gasteiger partial charge on any atom is 0.238 e. The largest absolute Gasteiger partial charge is 0.394 e. The van der Waals surface area contributed by atoms with Crippen molar-refractivity contribution in [2.45, 2.75) is 24.9 Å². The standard InChI is InChI=1S/C21H23FN2O4S/c1-2-29(27,28)23-11-18-21(19(13-25)24(18)20(26)12-23)16-5-3-14(4-6-16)15-7-9-17(22)10-8-15/h3-10,18-19,21,25H,2,11-13H2,1H3/t18-,19-,21+/m1/s1. The first kappa shape index (κ1) is 20.0. The number of hydrogen-bond donors (Lipinski definition) is 1. The van der Waals surface area contributed by atoms with Gasteiger partial charge in [0.2, 0.25) is 15.9 Å². The van der Waals surface area contributed by atoms with Gasteiger partial charge in [-0.2, -0.15) is 4.31 Å². The lowest BCUT2D eigenvalue weighted by atomic mass is 9.74. The second-order valence-electron chi connectivity index (χ2n) is 7.47. The fraction of sp³-hybridized carbons (Fsp3) is 0.381. The van der Waals surface area contributed by atoms with Gasteiger partial charge in [-0.15, -0.1) is 0 Å². The van der Waals surface area contributed by atoms with Crippen molar-refractivity contribution in [3.8, 4) is 11.1 Å². The first-order valence-electron chi connectivity index (χ1n) is 9.61. The van der Waals surface area contributed by atoms with Crippen molar-refractivity contribution in [3.05, 3.63) is 59.9 Å². The monoisotopic (exact) mass is 418 g/mol. The van der Waals surface area contributed by atoms with Gasteiger partial charge in [-0.25, -0.2) is 12.8 Å². The third-order valence-electron chi connectivity index (χ3n) is 5.95. The van der Waals surface area contributed by atoms with Crippen LogP contribution in [0.3, 0.4) is 0 Å². The molecule has 0 aromatic heterocycles. The number of hydrogen-bond acceptors (Lipinski definition) is 4. The van der Waals surface area contributed by atoms with Crippen LogP contribution in [-0.4, -0.2) is 66.2 Å². The third-order valence-corrected chi connectivity index (χ3v) is 7.75. The van der Waals surface area contributed by atoms with Crippen molar-refractivity contribution in [1.82, 2.24) is 9.21 Å². The van der Waals surface area contributed by atoms with E-state index in [2.05, 4.69) is 0 Å². The first-order valence-corrected chi connectivity index (χ1v) is 11.2. The summed E-state index contributed by atoms with van der Waals surface area (Å²) in [5, 5.41) is 9.84. The van der Waals surface area contributed by atoms with Crippen molar-refractivity contribution in [1.29, 1.82) is 0 Å². The number of carbonyl (C=O) groups excluding carboxylic acids is 1. The molecule has 8 heteroatoms. The Hall–Kier alpha value is -2.29. The van der Waals surface area contributed by atoms with Crippen molar-refractivity contribution in [2.24, 2.45) is 0 Å². The number of aliphatic hydroxyl groups excluding tert-OH is 1. The molecule has 29 heavy (non-hydrogen) atoms. The Bertz CT molecular complexity index is 1010. The third kappa shape index (κ3) is 3.45. The van der Waals surface area contributed by atoms with Gasteiger partial charge in [-0.1, -0.05) is 36.4 Å². The number of aliphatic hydroxyl groups is 1. The molecule has 2 aromatic rings. The zero-order chi connectivity index (χ0) is 20.8. The summed E-state index contributed by atoms with van der Waals surface area (Å²) in [4.78, 5) is 14.1. The molecule has 1 amide bonds. The van der Waals surface area contributed by atoms with E-state index in [1.54, 1.807) is 24.0 Å². The predicted molar refractivity (Wildman–Crippen MR) is 107 cm³/mol. The Kier molecular flexibility index (Phi) is 5.18. The van der Waals surface area contributed by atoms with Crippen LogP contribution >= 0.6 is 0 Å². The molecule has 0 spiro atoms. The van der Waals surface area contributed by atoms with Crippen LogP contribution in [0.2, 0.25) is 0 Å². The summed E-state index contributed by atoms with van der Waals surface area (Å²) in [5.41, 5.74) is 2.76. The number of sulfonamides is 1. The Balaban J connectivity index is 1.60. The second kappa shape index (κ2) is 7.51. The van der Waals surface area contributed by atoms with E-state index in [0.717, 1.165) is 16.7 Å². The van der Waals surface area contributed by atoms with Gasteiger partial charge in [-0.05, 0) is 35.7 Å². The van der Waals surface area contributed by atoms with E-state index in [1.807, 2.05) is 24.3 Å². The minimum absolute atomic E-state index is 0.0482. The van der Waals surface area contributed by atoms with Crippen molar-refractivity contribution in [3.63, 3.8) is 0 Å². The highest BCUT2D eigenvalue weighted by Gasteiger charge is 2.55. The lowest BCUT2D eigenvalue weighted by molar-refractivity contribution is -0.158. The predicted octanol–water partition coefficient (Wildman–Crippen LogP) is 1.81. The van der Waals surface area contributed by atoms with Crippen LogP contribution in [0.4, 0.5) is 4.39 Å². The number of piperazine rings is 1. The summed E-state index contributed by atoms with van der Waals surface area (Å²) in [6.45, 7) is 1.46. The van der Waals surface area contributed by atoms with Crippen LogP contribution in [0.15, 0.2) is 48.5 Å². The van der Waals surface area contributed by atoms with Gasteiger partial charge in [0.15, 0.2) is 0 Å². The highest BCUT2D eigenvalue weighted by molar-refractivity contribution is 7.89. The van der Waals surface area contributed by atoms with E-state index in [4.69, 9.17) is 0 Å². The quantitative estimate of drug-likeness (QED) is 0.804. The van der Waals surface area contributed by atoms with Gasteiger partial charge in [-0.3, -0.25) is 4.79 Å². The van der Waals surface area contributed by atoms with Crippen molar-refractivity contribution >= 4 is 15.9 Å². The molecule has 0 saturated carbocycles. The minimum Gasteiger partial charge on any atom is -0.394 e. The maximum absolute atomic E-state index is 13.1. The zero-order valence-electron chi connectivity index (χ0n) is 16.0. The lowest BCUT2D eigenvalue weighted by Gasteiger charge is -2.58. The molecule has 0 unspecified atom stereocenters. The van der Waals surface area contributed by atoms with Gasteiger partial charge < -0.3 is 10.0 Å². The molecule has 0 bridgehead atoms. The molecule has 2 aliphatic rings. The molecule has 2 heterocycles. The summed E-state index contributed by atoms with van der Waals surface area (Å²) in [5.74, 6) is -0.746. The number of nitrogens with zero attached hydrogens (tertiary/aromatic N) is 2. The lowest BCUT2D eigenvalue weighted by Crippen LogP contribution is -2.73. The van der Waals surface area contributed by atoms with E-state index in [-0.39, 0.29) is 55.2 Å². The molecule has 4 rings (SSSR count). The summed E-state index contributed by atoms with van der Waals surface area (Å²) in [6, 6.07) is 13.3. The fourth-order valence-corrected chi connectivity index (χ4v) is 5.46. The van der Waals surface area contributed by atoms with Crippen LogP contribution in [-0.2, 0) is 14.8 Å². The van der Waals surface area contributed by atoms with Gasteiger partial charge in [0.05, 0.1) is 31.0 Å². The number of benzene rings is 2. The van der Waals surface area contributed by atoms with Crippen LogP contribution < -0.4 is 0 Å². The SMILES string of the molecule is CCS(=O)(=O)N1CC(=O)N2[C@H](CO)[C@@H](c3ccc(-c4ccc(F)cc4)cc3)[C@H]2C1. The smallest absolute Gasteiger partial charge is 0.238 e. The number of halogens is 1. The molecule has 0 aliphatic carbocycles. The number of carbonyl (C=O) groups is 1.